The Hall–Kier alpha value is -3.77. The van der Waals surface area contributed by atoms with Crippen molar-refractivity contribution in [1.82, 2.24) is 9.80 Å². The number of aromatic hydroxyl groups is 1. The number of hydrogen-bond acceptors (Lipinski definition) is 5. The molecule has 3 atom stereocenters. The highest BCUT2D eigenvalue weighted by molar-refractivity contribution is 5.97. The van der Waals surface area contributed by atoms with E-state index in [1.807, 2.05) is 42.5 Å². The Morgan fingerprint density at radius 2 is 1.82 bits per heavy atom. The zero-order chi connectivity index (χ0) is 27.7. The summed E-state index contributed by atoms with van der Waals surface area (Å²) in [6.45, 7) is 9.53. The van der Waals surface area contributed by atoms with Crippen LogP contribution < -0.4 is 9.47 Å². The number of phenolic OH excluding ortho intramolecular Hbond substituents is 1. The van der Waals surface area contributed by atoms with Crippen molar-refractivity contribution in [3.8, 4) is 17.2 Å². The van der Waals surface area contributed by atoms with Gasteiger partial charge in [0.2, 0.25) is 0 Å². The van der Waals surface area contributed by atoms with Crippen LogP contribution in [0.2, 0.25) is 0 Å². The third kappa shape index (κ3) is 5.66. The van der Waals surface area contributed by atoms with Crippen molar-refractivity contribution in [2.45, 2.75) is 39.3 Å². The summed E-state index contributed by atoms with van der Waals surface area (Å²) in [7, 11) is 3.50. The van der Waals surface area contributed by atoms with Gasteiger partial charge in [0.05, 0.1) is 0 Å². The van der Waals surface area contributed by atoms with Crippen molar-refractivity contribution in [2.24, 2.45) is 5.92 Å². The molecule has 204 valence electrons. The second-order valence-electron chi connectivity index (χ2n) is 11.1. The van der Waals surface area contributed by atoms with Gasteiger partial charge in [-0.05, 0) is 91.9 Å². The summed E-state index contributed by atoms with van der Waals surface area (Å²) < 4.78 is 12.7. The molecule has 0 spiro atoms. The molecule has 3 unspecified atom stereocenters. The van der Waals surface area contributed by atoms with Crippen molar-refractivity contribution in [1.29, 1.82) is 0 Å². The van der Waals surface area contributed by atoms with Crippen LogP contribution in [0.15, 0.2) is 66.7 Å². The van der Waals surface area contributed by atoms with Crippen LogP contribution in [0.4, 0.5) is 0 Å². The Kier molecular flexibility index (Phi) is 7.67. The number of fused-ring (bicyclic) bond motifs is 1. The molecular formula is C33H38N2O4. The Morgan fingerprint density at radius 3 is 2.46 bits per heavy atom. The number of likely N-dealkylation sites (tertiary alicyclic amines) is 1. The third-order valence-electron chi connectivity index (χ3n) is 7.88. The lowest BCUT2D eigenvalue weighted by Crippen LogP contribution is -2.35. The Bertz CT molecular complexity index is 1360. The van der Waals surface area contributed by atoms with Gasteiger partial charge < -0.3 is 19.5 Å². The van der Waals surface area contributed by atoms with Gasteiger partial charge in [0, 0.05) is 43.4 Å². The summed E-state index contributed by atoms with van der Waals surface area (Å²) in [5.74, 6) is 2.48. The van der Waals surface area contributed by atoms with Crippen molar-refractivity contribution in [3.05, 3.63) is 89.0 Å². The molecule has 3 aromatic rings. The standard InChI is InChI=1S/C33H38N2O4/c1-21-16-17-35(19-21)22(2)20-38-28-13-10-25(11-14-28)32-31(23(3)29-18-27(36)12-15-30(29)39-32)24-6-8-26(9-7-24)33(37)34(4)5/h6-15,18,21-22,32,36H,16-17,19-20H2,1-5H3. The maximum atomic E-state index is 12.4. The van der Waals surface area contributed by atoms with E-state index in [0.717, 1.165) is 58.3 Å². The number of allylic oxidation sites excluding steroid dienone is 1. The molecule has 6 heteroatoms. The summed E-state index contributed by atoms with van der Waals surface area (Å²) in [6.07, 6.45) is 0.907. The van der Waals surface area contributed by atoms with Crippen LogP contribution >= 0.6 is 0 Å². The number of amides is 1. The normalized spacial score (nSPS) is 19.8. The van der Waals surface area contributed by atoms with Gasteiger partial charge in [-0.1, -0.05) is 31.2 Å². The average Bonchev–Trinajstić information content (AvgIpc) is 3.38. The minimum absolute atomic E-state index is 0.0388. The highest BCUT2D eigenvalue weighted by Crippen LogP contribution is 2.47. The fourth-order valence-electron chi connectivity index (χ4n) is 5.53. The van der Waals surface area contributed by atoms with Crippen molar-refractivity contribution in [2.75, 3.05) is 33.8 Å². The number of ether oxygens (including phenoxy) is 2. The van der Waals surface area contributed by atoms with E-state index >= 15 is 0 Å². The molecule has 6 nitrogen and oxygen atoms in total. The first-order valence-electron chi connectivity index (χ1n) is 13.7. The maximum absolute atomic E-state index is 12.4. The number of rotatable bonds is 7. The van der Waals surface area contributed by atoms with E-state index in [1.165, 1.54) is 6.42 Å². The quantitative estimate of drug-likeness (QED) is 0.393. The smallest absolute Gasteiger partial charge is 0.253 e. The zero-order valence-corrected chi connectivity index (χ0v) is 23.5. The highest BCUT2D eigenvalue weighted by atomic mass is 16.5. The molecular weight excluding hydrogens is 488 g/mol. The molecule has 1 fully saturated rings. The summed E-state index contributed by atoms with van der Waals surface area (Å²) in [5.41, 5.74) is 5.49. The van der Waals surface area contributed by atoms with Gasteiger partial charge in [-0.2, -0.15) is 0 Å². The lowest BCUT2D eigenvalue weighted by atomic mass is 9.86. The van der Waals surface area contributed by atoms with Gasteiger partial charge in [-0.3, -0.25) is 9.69 Å². The lowest BCUT2D eigenvalue weighted by molar-refractivity contribution is 0.0827. The molecule has 5 rings (SSSR count). The van der Waals surface area contributed by atoms with Gasteiger partial charge >= 0.3 is 0 Å². The van der Waals surface area contributed by atoms with E-state index < -0.39 is 0 Å². The molecule has 1 amide bonds. The molecule has 0 radical (unpaired) electrons. The summed E-state index contributed by atoms with van der Waals surface area (Å²) >= 11 is 0. The SMILES string of the molecule is CC1=C(c2ccc(C(=O)N(C)C)cc2)C(c2ccc(OCC(C)N3CCC(C)C3)cc2)Oc2ccc(O)cc21. The first-order valence-corrected chi connectivity index (χ1v) is 13.7. The third-order valence-corrected chi connectivity index (χ3v) is 7.88. The first-order chi connectivity index (χ1) is 18.7. The van der Waals surface area contributed by atoms with Crippen molar-refractivity contribution in [3.63, 3.8) is 0 Å². The van der Waals surface area contributed by atoms with Crippen LogP contribution in [0, 0.1) is 5.92 Å². The zero-order valence-electron chi connectivity index (χ0n) is 23.5. The molecule has 1 saturated heterocycles. The summed E-state index contributed by atoms with van der Waals surface area (Å²) in [6, 6.07) is 21.4. The second-order valence-corrected chi connectivity index (χ2v) is 11.1. The Labute approximate surface area is 231 Å². The number of carbonyl (C=O) groups excluding carboxylic acids is 1. The highest BCUT2D eigenvalue weighted by Gasteiger charge is 2.30. The average molecular weight is 527 g/mol. The van der Waals surface area contributed by atoms with Gasteiger partial charge in [-0.15, -0.1) is 0 Å². The Morgan fingerprint density at radius 1 is 1.10 bits per heavy atom. The predicted octanol–water partition coefficient (Wildman–Crippen LogP) is 6.27. The lowest BCUT2D eigenvalue weighted by Gasteiger charge is -2.31. The van der Waals surface area contributed by atoms with Crippen LogP contribution in [-0.2, 0) is 0 Å². The maximum Gasteiger partial charge on any atom is 0.253 e. The molecule has 2 heterocycles. The van der Waals surface area contributed by atoms with Crippen LogP contribution in [0.25, 0.3) is 11.1 Å². The molecule has 0 saturated carbocycles. The van der Waals surface area contributed by atoms with Crippen molar-refractivity contribution >= 4 is 17.1 Å². The van der Waals surface area contributed by atoms with Gasteiger partial charge in [0.15, 0.2) is 0 Å². The second kappa shape index (κ2) is 11.1. The van der Waals surface area contributed by atoms with Crippen LogP contribution in [-0.4, -0.2) is 60.6 Å². The number of hydrogen-bond donors (Lipinski definition) is 1. The van der Waals surface area contributed by atoms with Gasteiger partial charge in [0.1, 0.15) is 30.0 Å². The number of carbonyl (C=O) groups is 1. The van der Waals surface area contributed by atoms with Crippen molar-refractivity contribution < 1.29 is 19.4 Å². The minimum Gasteiger partial charge on any atom is -0.508 e. The van der Waals surface area contributed by atoms with E-state index in [-0.39, 0.29) is 17.8 Å². The molecule has 39 heavy (non-hydrogen) atoms. The van der Waals surface area contributed by atoms with Crippen LogP contribution in [0.5, 0.6) is 17.2 Å². The number of phenols is 1. The molecule has 2 aliphatic heterocycles. The molecule has 2 aliphatic rings. The van der Waals surface area contributed by atoms with E-state index in [9.17, 15) is 9.90 Å². The largest absolute Gasteiger partial charge is 0.508 e. The molecule has 0 aromatic heterocycles. The number of benzene rings is 3. The minimum atomic E-state index is -0.350. The van der Waals surface area contributed by atoms with Gasteiger partial charge in [0.25, 0.3) is 5.91 Å². The summed E-state index contributed by atoms with van der Waals surface area (Å²) in [4.78, 5) is 16.5. The Balaban J connectivity index is 1.42. The van der Waals surface area contributed by atoms with E-state index in [1.54, 1.807) is 31.1 Å². The van der Waals surface area contributed by atoms with E-state index in [0.29, 0.717) is 18.2 Å². The van der Waals surface area contributed by atoms with E-state index in [4.69, 9.17) is 9.47 Å². The van der Waals surface area contributed by atoms with Crippen LogP contribution in [0.1, 0.15) is 60.3 Å². The van der Waals surface area contributed by atoms with Crippen LogP contribution in [0.3, 0.4) is 0 Å². The molecule has 3 aromatic carbocycles. The predicted molar refractivity (Wildman–Crippen MR) is 155 cm³/mol. The fraction of sp³-hybridized carbons (Fsp3) is 0.364. The first kappa shape index (κ1) is 26.8. The topological polar surface area (TPSA) is 62.2 Å². The monoisotopic (exact) mass is 526 g/mol. The van der Waals surface area contributed by atoms with E-state index in [2.05, 4.69) is 37.8 Å². The van der Waals surface area contributed by atoms with Gasteiger partial charge in [-0.25, -0.2) is 0 Å². The molecule has 0 aliphatic carbocycles. The molecule has 1 N–H and O–H groups in total. The summed E-state index contributed by atoms with van der Waals surface area (Å²) in [5, 5.41) is 10.2. The fourth-order valence-corrected chi connectivity index (χ4v) is 5.53. The number of nitrogens with zero attached hydrogens (tertiary/aromatic N) is 2. The molecule has 0 bridgehead atoms.